The number of aliphatic hydroxyl groups excluding tert-OH is 1. The van der Waals surface area contributed by atoms with E-state index in [-0.39, 0.29) is 12.5 Å². The number of fused-ring (bicyclic) bond motifs is 1. The number of halogens is 4. The number of likely N-dealkylation sites (tertiary alicyclic amines) is 1. The molecule has 10 heteroatoms. The molecule has 1 fully saturated rings. The summed E-state index contributed by atoms with van der Waals surface area (Å²) in [5.41, 5.74) is 2.24. The number of carbonyl (C=O) groups excluding carboxylic acids is 1. The van der Waals surface area contributed by atoms with Gasteiger partial charge < -0.3 is 15.4 Å². The summed E-state index contributed by atoms with van der Waals surface area (Å²) in [5.74, 6) is 0.290. The first-order chi connectivity index (χ1) is 14.3. The summed E-state index contributed by atoms with van der Waals surface area (Å²) in [6.07, 6.45) is -0.255. The molecule has 6 nitrogen and oxygen atoms in total. The van der Waals surface area contributed by atoms with Gasteiger partial charge in [0, 0.05) is 23.1 Å². The summed E-state index contributed by atoms with van der Waals surface area (Å²) < 4.78 is 0. The average Bonchev–Trinajstić information content (AvgIpc) is 3.25. The summed E-state index contributed by atoms with van der Waals surface area (Å²) in [7, 11) is 0. The van der Waals surface area contributed by atoms with Crippen LogP contribution >= 0.6 is 46.4 Å². The van der Waals surface area contributed by atoms with Crippen molar-refractivity contribution >= 4 is 63.3 Å². The second kappa shape index (κ2) is 8.91. The normalized spacial score (nSPS) is 19.5. The zero-order chi connectivity index (χ0) is 21.4. The highest BCUT2D eigenvalue weighted by atomic mass is 35.5. The van der Waals surface area contributed by atoms with Gasteiger partial charge in [-0.3, -0.25) is 9.69 Å². The van der Waals surface area contributed by atoms with Gasteiger partial charge in [0.1, 0.15) is 11.9 Å². The predicted octanol–water partition coefficient (Wildman–Crippen LogP) is 4.43. The molecule has 2 heterocycles. The van der Waals surface area contributed by atoms with Crippen LogP contribution in [0.5, 0.6) is 0 Å². The smallest absolute Gasteiger partial charge is 0.240 e. The van der Waals surface area contributed by atoms with E-state index in [1.807, 2.05) is 11.0 Å². The van der Waals surface area contributed by atoms with Gasteiger partial charge in [-0.05, 0) is 36.2 Å². The summed E-state index contributed by atoms with van der Waals surface area (Å²) in [4.78, 5) is 22.3. The van der Waals surface area contributed by atoms with E-state index < -0.39 is 12.1 Å². The van der Waals surface area contributed by atoms with Gasteiger partial charge in [0.15, 0.2) is 0 Å². The minimum Gasteiger partial charge on any atom is -0.391 e. The van der Waals surface area contributed by atoms with Gasteiger partial charge in [-0.1, -0.05) is 52.5 Å². The van der Waals surface area contributed by atoms with Gasteiger partial charge >= 0.3 is 0 Å². The number of imidazole rings is 1. The molecular formula is C20H18Cl4N4O2. The van der Waals surface area contributed by atoms with Crippen molar-refractivity contribution in [3.8, 4) is 0 Å². The highest BCUT2D eigenvalue weighted by Crippen LogP contribution is 2.28. The summed E-state index contributed by atoms with van der Waals surface area (Å²) in [5, 5.41) is 15.1. The molecular weight excluding hydrogens is 470 g/mol. The maximum Gasteiger partial charge on any atom is 0.240 e. The monoisotopic (exact) mass is 486 g/mol. The van der Waals surface area contributed by atoms with Crippen LogP contribution in [0.3, 0.4) is 0 Å². The number of amides is 1. The lowest BCUT2D eigenvalue weighted by Gasteiger charge is -2.25. The Morgan fingerprint density at radius 2 is 1.93 bits per heavy atom. The van der Waals surface area contributed by atoms with Gasteiger partial charge in [0.25, 0.3) is 0 Å². The Morgan fingerprint density at radius 3 is 2.70 bits per heavy atom. The first-order valence-electron chi connectivity index (χ1n) is 9.29. The Bertz CT molecular complexity index is 1060. The van der Waals surface area contributed by atoms with E-state index in [0.29, 0.717) is 50.9 Å². The number of H-pyrrole nitrogens is 1. The van der Waals surface area contributed by atoms with Crippen LogP contribution in [-0.4, -0.2) is 44.6 Å². The van der Waals surface area contributed by atoms with E-state index in [1.54, 1.807) is 24.3 Å². The van der Waals surface area contributed by atoms with E-state index in [4.69, 9.17) is 46.4 Å². The minimum absolute atomic E-state index is 0.182. The van der Waals surface area contributed by atoms with E-state index in [1.165, 1.54) is 0 Å². The molecule has 0 spiro atoms. The van der Waals surface area contributed by atoms with Crippen LogP contribution in [-0.2, 0) is 17.9 Å². The molecule has 1 amide bonds. The fourth-order valence-corrected chi connectivity index (χ4v) is 4.43. The molecule has 1 saturated heterocycles. The second-order valence-electron chi connectivity index (χ2n) is 7.19. The van der Waals surface area contributed by atoms with Crippen molar-refractivity contribution in [1.29, 1.82) is 0 Å². The molecule has 2 aromatic carbocycles. The molecule has 0 aliphatic carbocycles. The molecule has 3 aromatic rings. The SMILES string of the molecule is O=C(NCc1nc2cc(Cl)c(Cl)cc2[nH]1)[C@@H]1[C@@H](O)CCN1Cc1ccc(Cl)cc1Cl. The average molecular weight is 488 g/mol. The van der Waals surface area contributed by atoms with Crippen LogP contribution in [0.1, 0.15) is 17.8 Å². The second-order valence-corrected chi connectivity index (χ2v) is 8.85. The molecule has 0 unspecified atom stereocenters. The van der Waals surface area contributed by atoms with Crippen LogP contribution in [0.2, 0.25) is 20.1 Å². The van der Waals surface area contributed by atoms with E-state index in [9.17, 15) is 9.90 Å². The number of aromatic amines is 1. The third kappa shape index (κ3) is 4.54. The number of benzene rings is 2. The Morgan fingerprint density at radius 1 is 1.17 bits per heavy atom. The fourth-order valence-electron chi connectivity index (χ4n) is 3.64. The van der Waals surface area contributed by atoms with Crippen LogP contribution in [0.15, 0.2) is 30.3 Å². The van der Waals surface area contributed by atoms with E-state index in [0.717, 1.165) is 11.1 Å². The predicted molar refractivity (Wildman–Crippen MR) is 119 cm³/mol. The number of aromatic nitrogens is 2. The number of nitrogens with zero attached hydrogens (tertiary/aromatic N) is 2. The Labute approximate surface area is 193 Å². The highest BCUT2D eigenvalue weighted by molar-refractivity contribution is 6.42. The third-order valence-corrected chi connectivity index (χ3v) is 6.44. The Hall–Kier alpha value is -1.54. The van der Waals surface area contributed by atoms with Gasteiger partial charge in [-0.2, -0.15) is 0 Å². The highest BCUT2D eigenvalue weighted by Gasteiger charge is 2.38. The number of carbonyl (C=O) groups is 1. The molecule has 158 valence electrons. The molecule has 2 atom stereocenters. The minimum atomic E-state index is -0.760. The van der Waals surface area contributed by atoms with Crippen molar-refractivity contribution in [3.63, 3.8) is 0 Å². The third-order valence-electron chi connectivity index (χ3n) is 5.13. The standard InChI is InChI=1S/C20H18Cl4N4O2/c21-11-2-1-10(12(22)5-11)9-28-4-3-17(29)19(28)20(30)25-8-18-26-15-6-13(23)14(24)7-16(15)27-18/h1-2,5-7,17,19,29H,3-4,8-9H2,(H,25,30)(H,26,27)/t17-,19-/m0/s1. The number of hydrogen-bond acceptors (Lipinski definition) is 4. The number of rotatable bonds is 5. The summed E-state index contributed by atoms with van der Waals surface area (Å²) in [6.45, 7) is 1.20. The van der Waals surface area contributed by atoms with Crippen molar-refractivity contribution in [2.45, 2.75) is 31.7 Å². The van der Waals surface area contributed by atoms with E-state index >= 15 is 0 Å². The molecule has 0 bridgehead atoms. The lowest BCUT2D eigenvalue weighted by molar-refractivity contribution is -0.128. The molecule has 4 rings (SSSR count). The van der Waals surface area contributed by atoms with Gasteiger partial charge in [-0.15, -0.1) is 0 Å². The first-order valence-corrected chi connectivity index (χ1v) is 10.8. The van der Waals surface area contributed by atoms with Crippen LogP contribution in [0.4, 0.5) is 0 Å². The van der Waals surface area contributed by atoms with Gasteiger partial charge in [-0.25, -0.2) is 4.98 Å². The largest absolute Gasteiger partial charge is 0.391 e. The molecule has 0 saturated carbocycles. The summed E-state index contributed by atoms with van der Waals surface area (Å²) >= 11 is 24.3. The molecule has 1 aliphatic heterocycles. The molecule has 3 N–H and O–H groups in total. The maximum absolute atomic E-state index is 12.8. The van der Waals surface area contributed by atoms with Crippen LogP contribution in [0, 0.1) is 0 Å². The van der Waals surface area contributed by atoms with Gasteiger partial charge in [0.2, 0.25) is 5.91 Å². The van der Waals surface area contributed by atoms with E-state index in [2.05, 4.69) is 15.3 Å². The van der Waals surface area contributed by atoms with Crippen molar-refractivity contribution in [3.05, 3.63) is 61.8 Å². The van der Waals surface area contributed by atoms with Crippen LogP contribution in [0.25, 0.3) is 11.0 Å². The molecule has 0 radical (unpaired) electrons. The molecule has 30 heavy (non-hydrogen) atoms. The Balaban J connectivity index is 1.44. The molecule has 1 aromatic heterocycles. The number of nitrogens with one attached hydrogen (secondary N) is 2. The van der Waals surface area contributed by atoms with Crippen LogP contribution < -0.4 is 5.32 Å². The fraction of sp³-hybridized carbons (Fsp3) is 0.300. The first kappa shape index (κ1) is 21.7. The molecule has 1 aliphatic rings. The zero-order valence-electron chi connectivity index (χ0n) is 15.6. The lowest BCUT2D eigenvalue weighted by Crippen LogP contribution is -2.47. The van der Waals surface area contributed by atoms with Crippen molar-refractivity contribution < 1.29 is 9.90 Å². The lowest BCUT2D eigenvalue weighted by atomic mass is 10.1. The number of hydrogen-bond donors (Lipinski definition) is 3. The summed E-state index contributed by atoms with van der Waals surface area (Å²) in [6, 6.07) is 7.93. The van der Waals surface area contributed by atoms with Crippen molar-refractivity contribution in [1.82, 2.24) is 20.2 Å². The van der Waals surface area contributed by atoms with Crippen molar-refractivity contribution in [2.75, 3.05) is 6.54 Å². The quantitative estimate of drug-likeness (QED) is 0.497. The number of aliphatic hydroxyl groups is 1. The Kier molecular flexibility index (Phi) is 6.44. The maximum atomic E-state index is 12.8. The topological polar surface area (TPSA) is 81.2 Å². The van der Waals surface area contributed by atoms with Crippen molar-refractivity contribution in [2.24, 2.45) is 0 Å². The zero-order valence-corrected chi connectivity index (χ0v) is 18.7. The van der Waals surface area contributed by atoms with Gasteiger partial charge in [0.05, 0.1) is 33.7 Å².